The number of halogens is 1. The van der Waals surface area contributed by atoms with Crippen molar-refractivity contribution >= 4 is 40.7 Å². The monoisotopic (exact) mass is 541 g/mol. The quantitative estimate of drug-likeness (QED) is 0.298. The lowest BCUT2D eigenvalue weighted by Gasteiger charge is -2.28. The maximum atomic E-state index is 13.5. The summed E-state index contributed by atoms with van der Waals surface area (Å²) in [4.78, 5) is 45.6. The van der Waals surface area contributed by atoms with Crippen molar-refractivity contribution in [2.75, 3.05) is 12.4 Å². The van der Waals surface area contributed by atoms with E-state index in [4.69, 9.17) is 16.3 Å². The van der Waals surface area contributed by atoms with Crippen LogP contribution in [0.4, 0.5) is 5.69 Å². The highest BCUT2D eigenvalue weighted by Gasteiger charge is 2.41. The van der Waals surface area contributed by atoms with Gasteiger partial charge in [-0.3, -0.25) is 24.4 Å². The smallest absolute Gasteiger partial charge is 0.262 e. The van der Waals surface area contributed by atoms with Gasteiger partial charge in [0.25, 0.3) is 17.7 Å². The van der Waals surface area contributed by atoms with Crippen LogP contribution in [-0.4, -0.2) is 54.5 Å². The lowest BCUT2D eigenvalue weighted by molar-refractivity contribution is 0.0578. The molecule has 2 N–H and O–H groups in total. The normalized spacial score (nSPS) is 13.5. The fourth-order valence-corrected chi connectivity index (χ4v) is 4.92. The molecule has 0 fully saturated rings. The first-order chi connectivity index (χ1) is 19.0. The Morgan fingerprint density at radius 3 is 2.62 bits per heavy atom. The van der Waals surface area contributed by atoms with Crippen molar-refractivity contribution in [3.63, 3.8) is 0 Å². The number of hydrogen-bond acceptors (Lipinski definition) is 7. The second kappa shape index (κ2) is 9.69. The molecule has 12 heteroatoms. The molecule has 11 nitrogen and oxygen atoms in total. The Labute approximate surface area is 226 Å². The van der Waals surface area contributed by atoms with Crippen molar-refractivity contribution in [1.82, 2.24) is 29.7 Å². The molecule has 5 aromatic rings. The lowest BCUT2D eigenvalue weighted by atomic mass is 9.98. The van der Waals surface area contributed by atoms with E-state index in [-0.39, 0.29) is 12.0 Å². The Morgan fingerprint density at radius 1 is 1.10 bits per heavy atom. The summed E-state index contributed by atoms with van der Waals surface area (Å²) in [7, 11) is 1.50. The van der Waals surface area contributed by atoms with Crippen LogP contribution in [0.1, 0.15) is 48.4 Å². The van der Waals surface area contributed by atoms with Gasteiger partial charge in [-0.25, -0.2) is 9.50 Å². The number of nitrogens with zero attached hydrogens (tertiary/aromatic N) is 5. The number of imide groups is 1. The van der Waals surface area contributed by atoms with Crippen LogP contribution in [0.3, 0.4) is 0 Å². The highest BCUT2D eigenvalue weighted by Crippen LogP contribution is 2.39. The SMILES string of the molecule is COc1ccc(Cl)cc1C(Cc1[nH]ncc1NC(=O)c1cnn2cccnc12)N1C(=O)c2ccccc2C1=O. The molecule has 0 spiro atoms. The molecular weight excluding hydrogens is 522 g/mol. The Bertz CT molecular complexity index is 1730. The molecule has 6 rings (SSSR count). The molecule has 1 aliphatic heterocycles. The fraction of sp³-hybridized carbons (Fsp3) is 0.111. The van der Waals surface area contributed by atoms with E-state index in [1.54, 1.807) is 60.9 Å². The van der Waals surface area contributed by atoms with E-state index in [2.05, 4.69) is 25.6 Å². The minimum absolute atomic E-state index is 0.0881. The third kappa shape index (κ3) is 4.18. The van der Waals surface area contributed by atoms with E-state index in [0.29, 0.717) is 44.5 Å². The van der Waals surface area contributed by atoms with Gasteiger partial charge in [0.05, 0.1) is 48.1 Å². The number of benzene rings is 2. The third-order valence-electron chi connectivity index (χ3n) is 6.58. The predicted octanol–water partition coefficient (Wildman–Crippen LogP) is 3.95. The fourth-order valence-electron chi connectivity index (χ4n) is 4.74. The number of hydrogen-bond donors (Lipinski definition) is 2. The van der Waals surface area contributed by atoms with E-state index in [0.717, 1.165) is 0 Å². The van der Waals surface area contributed by atoms with Gasteiger partial charge in [0.15, 0.2) is 5.65 Å². The van der Waals surface area contributed by atoms with Crippen LogP contribution in [0, 0.1) is 0 Å². The van der Waals surface area contributed by atoms with Gasteiger partial charge in [-0.2, -0.15) is 10.2 Å². The summed E-state index contributed by atoms with van der Waals surface area (Å²) in [6.45, 7) is 0. The number of rotatable bonds is 7. The molecule has 3 aromatic heterocycles. The summed E-state index contributed by atoms with van der Waals surface area (Å²) in [5.74, 6) is -0.872. The van der Waals surface area contributed by atoms with Gasteiger partial charge >= 0.3 is 0 Å². The number of anilines is 1. The van der Waals surface area contributed by atoms with Gasteiger partial charge in [-0.05, 0) is 36.4 Å². The van der Waals surface area contributed by atoms with E-state index in [1.165, 1.54) is 28.9 Å². The molecule has 0 saturated carbocycles. The molecule has 4 heterocycles. The largest absolute Gasteiger partial charge is 0.496 e. The first kappa shape index (κ1) is 24.3. The molecule has 0 bridgehead atoms. The second-order valence-electron chi connectivity index (χ2n) is 8.79. The van der Waals surface area contributed by atoms with Crippen LogP contribution >= 0.6 is 11.6 Å². The van der Waals surface area contributed by atoms with E-state index < -0.39 is 23.8 Å². The van der Waals surface area contributed by atoms with Crippen molar-refractivity contribution in [3.8, 4) is 5.75 Å². The van der Waals surface area contributed by atoms with E-state index >= 15 is 0 Å². The average molecular weight is 542 g/mol. The van der Waals surface area contributed by atoms with Crippen LogP contribution in [-0.2, 0) is 6.42 Å². The number of aromatic nitrogens is 5. The summed E-state index contributed by atoms with van der Waals surface area (Å²) in [5, 5.41) is 14.4. The summed E-state index contributed by atoms with van der Waals surface area (Å²) < 4.78 is 7.07. The predicted molar refractivity (Wildman–Crippen MR) is 141 cm³/mol. The maximum Gasteiger partial charge on any atom is 0.262 e. The summed E-state index contributed by atoms with van der Waals surface area (Å²) in [5.41, 5.74) is 2.68. The van der Waals surface area contributed by atoms with Gasteiger partial charge in [-0.1, -0.05) is 23.7 Å². The Kier molecular flexibility index (Phi) is 6.04. The van der Waals surface area contributed by atoms with Crippen molar-refractivity contribution in [2.24, 2.45) is 0 Å². The number of H-pyrrole nitrogens is 1. The van der Waals surface area contributed by atoms with Crippen molar-refractivity contribution in [2.45, 2.75) is 12.5 Å². The molecule has 3 amide bonds. The second-order valence-corrected chi connectivity index (χ2v) is 9.23. The summed E-state index contributed by atoms with van der Waals surface area (Å²) in [6, 6.07) is 12.5. The molecule has 1 atom stereocenters. The van der Waals surface area contributed by atoms with Crippen LogP contribution in [0.15, 0.2) is 73.3 Å². The van der Waals surface area contributed by atoms with Gasteiger partial charge in [0.1, 0.15) is 11.3 Å². The Balaban J connectivity index is 1.38. The highest BCUT2D eigenvalue weighted by atomic mass is 35.5. The zero-order chi connectivity index (χ0) is 27.1. The van der Waals surface area contributed by atoms with Crippen LogP contribution < -0.4 is 10.1 Å². The number of ether oxygens (including phenoxy) is 1. The van der Waals surface area contributed by atoms with E-state index in [1.807, 2.05) is 0 Å². The van der Waals surface area contributed by atoms with Gasteiger partial charge in [0.2, 0.25) is 0 Å². The minimum atomic E-state index is -0.833. The van der Waals surface area contributed by atoms with Crippen molar-refractivity contribution in [3.05, 3.63) is 106 Å². The van der Waals surface area contributed by atoms with E-state index in [9.17, 15) is 14.4 Å². The van der Waals surface area contributed by atoms with Crippen molar-refractivity contribution in [1.29, 1.82) is 0 Å². The molecule has 0 saturated heterocycles. The topological polar surface area (TPSA) is 135 Å². The van der Waals surface area contributed by atoms with Crippen molar-refractivity contribution < 1.29 is 19.1 Å². The average Bonchev–Trinajstić information content (AvgIpc) is 3.64. The molecule has 1 unspecified atom stereocenters. The number of aromatic amines is 1. The summed E-state index contributed by atoms with van der Waals surface area (Å²) in [6.07, 6.45) is 6.23. The lowest BCUT2D eigenvalue weighted by Crippen LogP contribution is -2.35. The molecular formula is C27H20ClN7O4. The number of methoxy groups -OCH3 is 1. The molecule has 39 heavy (non-hydrogen) atoms. The minimum Gasteiger partial charge on any atom is -0.496 e. The first-order valence-corrected chi connectivity index (χ1v) is 12.3. The number of carbonyl (C=O) groups excluding carboxylic acids is 3. The molecule has 194 valence electrons. The van der Waals surface area contributed by atoms with Crippen LogP contribution in [0.5, 0.6) is 5.75 Å². The maximum absolute atomic E-state index is 13.5. The van der Waals surface area contributed by atoms with Crippen LogP contribution in [0.2, 0.25) is 5.02 Å². The molecule has 0 aliphatic carbocycles. The number of nitrogens with one attached hydrogen (secondary N) is 2. The number of fused-ring (bicyclic) bond motifs is 2. The number of carbonyl (C=O) groups is 3. The molecule has 1 aliphatic rings. The third-order valence-corrected chi connectivity index (χ3v) is 6.81. The first-order valence-electron chi connectivity index (χ1n) is 11.9. The summed E-state index contributed by atoms with van der Waals surface area (Å²) >= 11 is 6.34. The Hall–Kier alpha value is -5.03. The molecule has 2 aromatic carbocycles. The van der Waals surface area contributed by atoms with Gasteiger partial charge < -0.3 is 10.1 Å². The molecule has 0 radical (unpaired) electrons. The van der Waals surface area contributed by atoms with Gasteiger partial charge in [-0.15, -0.1) is 0 Å². The Morgan fingerprint density at radius 2 is 1.87 bits per heavy atom. The zero-order valence-electron chi connectivity index (χ0n) is 20.5. The van der Waals surface area contributed by atoms with Gasteiger partial charge in [0, 0.05) is 29.4 Å². The standard InChI is InChI=1S/C27H20ClN7O4/c1-39-23-8-7-15(28)11-18(23)22(35-26(37)16-5-2-3-6-17(16)27(35)38)12-20-21(14-30-33-20)32-25(36)19-13-31-34-10-4-9-29-24(19)34/h2-11,13-14,22H,12H2,1H3,(H,30,33)(H,32,36). The highest BCUT2D eigenvalue weighted by molar-refractivity contribution is 6.30. The number of amides is 3. The zero-order valence-corrected chi connectivity index (χ0v) is 21.2. The van der Waals surface area contributed by atoms with Crippen LogP contribution in [0.25, 0.3) is 5.65 Å².